The molecular weight excluding hydrogens is 224 g/mol. The normalized spacial score (nSPS) is 13.4. The Morgan fingerprint density at radius 3 is 2.00 bits per heavy atom. The number of nitrogens with two attached hydrogens (primary N) is 1. The van der Waals surface area contributed by atoms with E-state index < -0.39 is 0 Å². The third-order valence-electron chi connectivity index (χ3n) is 3.79. The molecule has 3 N–H and O–H groups in total. The van der Waals surface area contributed by atoms with Gasteiger partial charge in [-0.1, -0.05) is 47.0 Å². The summed E-state index contributed by atoms with van der Waals surface area (Å²) >= 11 is 0. The van der Waals surface area contributed by atoms with Crippen molar-refractivity contribution in [1.82, 2.24) is 5.32 Å². The molecule has 0 heterocycles. The van der Waals surface area contributed by atoms with Gasteiger partial charge in [-0.05, 0) is 25.7 Å². The van der Waals surface area contributed by atoms with Gasteiger partial charge in [0.1, 0.15) is 0 Å². The molecule has 0 aliphatic rings. The van der Waals surface area contributed by atoms with E-state index >= 15 is 0 Å². The lowest BCUT2D eigenvalue weighted by atomic mass is 9.78. The lowest BCUT2D eigenvalue weighted by Crippen LogP contribution is -2.49. The summed E-state index contributed by atoms with van der Waals surface area (Å²) in [6.07, 6.45) is 6.97. The van der Waals surface area contributed by atoms with Crippen molar-refractivity contribution in [2.45, 2.75) is 78.7 Å². The zero-order chi connectivity index (χ0) is 14.0. The summed E-state index contributed by atoms with van der Waals surface area (Å²) in [4.78, 5) is 12.5. The van der Waals surface area contributed by atoms with Gasteiger partial charge in [-0.2, -0.15) is 0 Å². The Morgan fingerprint density at radius 1 is 1.11 bits per heavy atom. The number of nitrogens with one attached hydrogen (secondary N) is 1. The molecule has 0 aromatic heterocycles. The minimum Gasteiger partial charge on any atom is -0.353 e. The molecule has 0 saturated carbocycles. The molecule has 0 rings (SSSR count). The summed E-state index contributed by atoms with van der Waals surface area (Å²) in [6, 6.07) is 0.308. The maximum Gasteiger partial charge on any atom is 0.227 e. The molecule has 0 bridgehead atoms. The zero-order valence-electron chi connectivity index (χ0n) is 12.7. The zero-order valence-corrected chi connectivity index (χ0v) is 12.7. The minimum absolute atomic E-state index is 0.175. The van der Waals surface area contributed by atoms with Crippen LogP contribution < -0.4 is 11.1 Å². The van der Waals surface area contributed by atoms with Crippen LogP contribution in [0.15, 0.2) is 0 Å². The van der Waals surface area contributed by atoms with Crippen LogP contribution in [0, 0.1) is 5.41 Å². The van der Waals surface area contributed by atoms with Gasteiger partial charge in [0.05, 0.1) is 5.41 Å². The molecule has 18 heavy (non-hydrogen) atoms. The van der Waals surface area contributed by atoms with Crippen molar-refractivity contribution in [2.75, 3.05) is 6.54 Å². The predicted octanol–water partition coefficient (Wildman–Crippen LogP) is 3.23. The first-order valence-corrected chi connectivity index (χ1v) is 7.61. The standard InChI is InChI=1S/C15H32N2O/c1-5-9-13(8-4)17-14(18)15(12-16,10-6-2)11-7-3/h13H,5-12,16H2,1-4H3,(H,17,18). The molecule has 3 heteroatoms. The molecule has 108 valence electrons. The van der Waals surface area contributed by atoms with Crippen LogP contribution >= 0.6 is 0 Å². The topological polar surface area (TPSA) is 55.1 Å². The minimum atomic E-state index is -0.343. The first kappa shape index (κ1) is 17.4. The van der Waals surface area contributed by atoms with Gasteiger partial charge in [-0.25, -0.2) is 0 Å². The molecule has 0 saturated heterocycles. The largest absolute Gasteiger partial charge is 0.353 e. The molecule has 3 nitrogen and oxygen atoms in total. The van der Waals surface area contributed by atoms with Gasteiger partial charge < -0.3 is 11.1 Å². The maximum absolute atomic E-state index is 12.5. The molecule has 0 fully saturated rings. The number of amides is 1. The molecular formula is C15H32N2O. The summed E-state index contributed by atoms with van der Waals surface area (Å²) < 4.78 is 0. The van der Waals surface area contributed by atoms with E-state index in [1.807, 2.05) is 0 Å². The van der Waals surface area contributed by atoms with Gasteiger partial charge in [0.2, 0.25) is 5.91 Å². The fraction of sp³-hybridized carbons (Fsp3) is 0.933. The lowest BCUT2D eigenvalue weighted by Gasteiger charge is -2.32. The van der Waals surface area contributed by atoms with Crippen LogP contribution in [0.2, 0.25) is 0 Å². The lowest BCUT2D eigenvalue weighted by molar-refractivity contribution is -0.132. The van der Waals surface area contributed by atoms with E-state index in [0.717, 1.165) is 44.9 Å². The van der Waals surface area contributed by atoms with E-state index in [0.29, 0.717) is 12.6 Å². The maximum atomic E-state index is 12.5. The van der Waals surface area contributed by atoms with Crippen LogP contribution in [0.1, 0.15) is 72.6 Å². The van der Waals surface area contributed by atoms with Crippen molar-refractivity contribution in [3.8, 4) is 0 Å². The summed E-state index contributed by atoms with van der Waals surface area (Å²) in [7, 11) is 0. The van der Waals surface area contributed by atoms with Crippen LogP contribution in [0.5, 0.6) is 0 Å². The van der Waals surface area contributed by atoms with E-state index in [4.69, 9.17) is 5.73 Å². The second kappa shape index (κ2) is 9.37. The quantitative estimate of drug-likeness (QED) is 0.630. The van der Waals surface area contributed by atoms with Gasteiger partial charge in [0.25, 0.3) is 0 Å². The van der Waals surface area contributed by atoms with Gasteiger partial charge in [0, 0.05) is 12.6 Å². The molecule has 1 atom stereocenters. The highest BCUT2D eigenvalue weighted by molar-refractivity contribution is 5.83. The fourth-order valence-electron chi connectivity index (χ4n) is 2.67. The molecule has 0 aliphatic heterocycles. The highest BCUT2D eigenvalue weighted by Gasteiger charge is 2.35. The third-order valence-corrected chi connectivity index (χ3v) is 3.79. The number of carbonyl (C=O) groups is 1. The smallest absolute Gasteiger partial charge is 0.227 e. The number of hydrogen-bond acceptors (Lipinski definition) is 2. The van der Waals surface area contributed by atoms with Crippen molar-refractivity contribution in [3.05, 3.63) is 0 Å². The van der Waals surface area contributed by atoms with Crippen molar-refractivity contribution < 1.29 is 4.79 Å². The van der Waals surface area contributed by atoms with E-state index in [1.165, 1.54) is 0 Å². The van der Waals surface area contributed by atoms with Crippen LogP contribution in [0.3, 0.4) is 0 Å². The average molecular weight is 256 g/mol. The average Bonchev–Trinajstić information content (AvgIpc) is 2.37. The molecule has 0 aromatic carbocycles. The fourth-order valence-corrected chi connectivity index (χ4v) is 2.67. The SMILES string of the molecule is CCCC(CC)NC(=O)C(CN)(CCC)CCC. The number of hydrogen-bond donors (Lipinski definition) is 2. The van der Waals surface area contributed by atoms with Crippen LogP contribution in [0.25, 0.3) is 0 Å². The second-order valence-corrected chi connectivity index (χ2v) is 5.35. The Kier molecular flexibility index (Phi) is 9.08. The number of carbonyl (C=O) groups excluding carboxylic acids is 1. The predicted molar refractivity (Wildman–Crippen MR) is 78.4 cm³/mol. The highest BCUT2D eigenvalue weighted by Crippen LogP contribution is 2.29. The molecule has 0 radical (unpaired) electrons. The number of rotatable bonds is 10. The second-order valence-electron chi connectivity index (χ2n) is 5.35. The monoisotopic (exact) mass is 256 g/mol. The summed E-state index contributed by atoms with van der Waals surface area (Å²) in [5.41, 5.74) is 5.57. The third kappa shape index (κ3) is 4.97. The van der Waals surface area contributed by atoms with Gasteiger partial charge >= 0.3 is 0 Å². The van der Waals surface area contributed by atoms with Crippen molar-refractivity contribution >= 4 is 5.91 Å². The van der Waals surface area contributed by atoms with E-state index in [1.54, 1.807) is 0 Å². The van der Waals surface area contributed by atoms with Crippen LogP contribution in [0.4, 0.5) is 0 Å². The summed E-state index contributed by atoms with van der Waals surface area (Å²) in [5.74, 6) is 0.175. The van der Waals surface area contributed by atoms with Gasteiger partial charge in [0.15, 0.2) is 0 Å². The Balaban J connectivity index is 4.72. The Morgan fingerprint density at radius 2 is 1.67 bits per heavy atom. The van der Waals surface area contributed by atoms with Crippen molar-refractivity contribution in [1.29, 1.82) is 0 Å². The Bertz CT molecular complexity index is 223. The summed E-state index contributed by atoms with van der Waals surface area (Å²) in [6.45, 7) is 8.99. The first-order valence-electron chi connectivity index (χ1n) is 7.61. The van der Waals surface area contributed by atoms with Crippen LogP contribution in [-0.2, 0) is 4.79 Å². The van der Waals surface area contributed by atoms with E-state index in [9.17, 15) is 4.79 Å². The highest BCUT2D eigenvalue weighted by atomic mass is 16.2. The van der Waals surface area contributed by atoms with Crippen molar-refractivity contribution in [3.63, 3.8) is 0 Å². The molecule has 1 unspecified atom stereocenters. The molecule has 0 aromatic rings. The Labute approximate surface area is 113 Å². The van der Waals surface area contributed by atoms with Crippen molar-refractivity contribution in [2.24, 2.45) is 11.1 Å². The van der Waals surface area contributed by atoms with E-state index in [2.05, 4.69) is 33.0 Å². The van der Waals surface area contributed by atoms with E-state index in [-0.39, 0.29) is 11.3 Å². The molecule has 1 amide bonds. The molecule has 0 spiro atoms. The summed E-state index contributed by atoms with van der Waals surface area (Å²) in [5, 5.41) is 3.21. The Hall–Kier alpha value is -0.570. The van der Waals surface area contributed by atoms with Gasteiger partial charge in [-0.3, -0.25) is 4.79 Å². The van der Waals surface area contributed by atoms with Gasteiger partial charge in [-0.15, -0.1) is 0 Å². The van der Waals surface area contributed by atoms with Crippen LogP contribution in [-0.4, -0.2) is 18.5 Å². The molecule has 0 aliphatic carbocycles. The first-order chi connectivity index (χ1) is 8.60.